The number of nitrogens with zero attached hydrogens (tertiary/aromatic N) is 2. The molecule has 0 atom stereocenters. The van der Waals surface area contributed by atoms with Crippen LogP contribution in [-0.2, 0) is 0 Å². The van der Waals surface area contributed by atoms with Gasteiger partial charge >= 0.3 is 0 Å². The fourth-order valence-electron chi connectivity index (χ4n) is 2.14. The number of amides is 1. The Hall–Kier alpha value is -2.92. The van der Waals surface area contributed by atoms with E-state index in [4.69, 9.17) is 11.6 Å². The molecular formula is C18H15ClN4O. The van der Waals surface area contributed by atoms with Crippen LogP contribution in [0.1, 0.15) is 16.1 Å². The van der Waals surface area contributed by atoms with Crippen molar-refractivity contribution in [3.05, 3.63) is 76.9 Å². The molecule has 2 aromatic carbocycles. The topological polar surface area (TPSA) is 66.9 Å². The highest BCUT2D eigenvalue weighted by Gasteiger charge is 2.10. The summed E-state index contributed by atoms with van der Waals surface area (Å²) in [7, 11) is 0. The van der Waals surface area contributed by atoms with Crippen molar-refractivity contribution in [3.63, 3.8) is 0 Å². The van der Waals surface area contributed by atoms with E-state index in [1.807, 2.05) is 37.3 Å². The van der Waals surface area contributed by atoms with Gasteiger partial charge in [0.25, 0.3) is 5.91 Å². The van der Waals surface area contributed by atoms with Crippen LogP contribution in [0.4, 0.5) is 17.2 Å². The molecule has 1 heterocycles. The zero-order chi connectivity index (χ0) is 16.9. The van der Waals surface area contributed by atoms with Crippen LogP contribution in [0.25, 0.3) is 0 Å². The van der Waals surface area contributed by atoms with E-state index in [2.05, 4.69) is 20.8 Å². The maximum Gasteiger partial charge on any atom is 0.276 e. The molecule has 24 heavy (non-hydrogen) atoms. The number of carbonyl (C=O) groups is 1. The third-order valence-corrected chi connectivity index (χ3v) is 3.62. The van der Waals surface area contributed by atoms with Crippen molar-refractivity contribution in [2.24, 2.45) is 0 Å². The molecule has 3 rings (SSSR count). The lowest BCUT2D eigenvalue weighted by Gasteiger charge is -2.08. The van der Waals surface area contributed by atoms with Gasteiger partial charge in [-0.2, -0.15) is 0 Å². The van der Waals surface area contributed by atoms with Crippen LogP contribution in [0.3, 0.4) is 0 Å². The van der Waals surface area contributed by atoms with Gasteiger partial charge in [0.2, 0.25) is 0 Å². The van der Waals surface area contributed by atoms with E-state index in [0.717, 1.165) is 11.3 Å². The molecule has 0 aliphatic carbocycles. The van der Waals surface area contributed by atoms with Gasteiger partial charge in [-0.05, 0) is 55.0 Å². The van der Waals surface area contributed by atoms with Crippen LogP contribution in [-0.4, -0.2) is 16.1 Å². The average molecular weight is 339 g/mol. The third kappa shape index (κ3) is 3.88. The monoisotopic (exact) mass is 338 g/mol. The number of hydrogen-bond acceptors (Lipinski definition) is 4. The number of halogens is 1. The SMILES string of the molecule is Cc1cc(Cl)ccc1NC(=O)c1ccc(Nc2ccccc2)nn1. The molecule has 0 fully saturated rings. The molecule has 0 spiro atoms. The zero-order valence-electron chi connectivity index (χ0n) is 13.0. The average Bonchev–Trinajstić information content (AvgIpc) is 2.59. The summed E-state index contributed by atoms with van der Waals surface area (Å²) in [5.41, 5.74) is 2.72. The van der Waals surface area contributed by atoms with E-state index in [1.54, 1.807) is 30.3 Å². The molecule has 0 unspecified atom stereocenters. The van der Waals surface area contributed by atoms with E-state index in [9.17, 15) is 4.79 Å². The summed E-state index contributed by atoms with van der Waals surface area (Å²) in [6.07, 6.45) is 0. The van der Waals surface area contributed by atoms with E-state index in [0.29, 0.717) is 16.5 Å². The van der Waals surface area contributed by atoms with E-state index in [1.165, 1.54) is 0 Å². The van der Waals surface area contributed by atoms with Crippen LogP contribution < -0.4 is 10.6 Å². The van der Waals surface area contributed by atoms with Crippen molar-refractivity contribution in [2.75, 3.05) is 10.6 Å². The Morgan fingerprint density at radius 2 is 1.79 bits per heavy atom. The van der Waals surface area contributed by atoms with Gasteiger partial charge in [-0.3, -0.25) is 4.79 Å². The molecular weight excluding hydrogens is 324 g/mol. The number of carbonyl (C=O) groups excluding carboxylic acids is 1. The summed E-state index contributed by atoms with van der Waals surface area (Å²) in [5.74, 6) is 0.250. The van der Waals surface area contributed by atoms with Crippen molar-refractivity contribution < 1.29 is 4.79 Å². The Labute approximate surface area is 144 Å². The molecule has 6 heteroatoms. The van der Waals surface area contributed by atoms with Crippen molar-refractivity contribution in [1.82, 2.24) is 10.2 Å². The minimum Gasteiger partial charge on any atom is -0.339 e. The Bertz CT molecular complexity index is 851. The van der Waals surface area contributed by atoms with Crippen LogP contribution in [0.5, 0.6) is 0 Å². The summed E-state index contributed by atoms with van der Waals surface area (Å²) in [5, 5.41) is 14.5. The first-order chi connectivity index (χ1) is 11.6. The first-order valence-electron chi connectivity index (χ1n) is 7.35. The van der Waals surface area contributed by atoms with Gasteiger partial charge in [-0.15, -0.1) is 10.2 Å². The lowest BCUT2D eigenvalue weighted by molar-refractivity contribution is 0.102. The second-order valence-electron chi connectivity index (χ2n) is 5.21. The predicted octanol–water partition coefficient (Wildman–Crippen LogP) is 4.43. The first kappa shape index (κ1) is 16.0. The minimum atomic E-state index is -0.320. The lowest BCUT2D eigenvalue weighted by Crippen LogP contribution is -2.15. The summed E-state index contributed by atoms with van der Waals surface area (Å²) in [6.45, 7) is 1.88. The predicted molar refractivity (Wildman–Crippen MR) is 95.9 cm³/mol. The second-order valence-corrected chi connectivity index (χ2v) is 5.64. The molecule has 1 aromatic heterocycles. The largest absolute Gasteiger partial charge is 0.339 e. The summed E-state index contributed by atoms with van der Waals surface area (Å²) in [4.78, 5) is 12.3. The van der Waals surface area contributed by atoms with Crippen LogP contribution in [0.15, 0.2) is 60.7 Å². The molecule has 0 radical (unpaired) electrons. The zero-order valence-corrected chi connectivity index (χ0v) is 13.7. The highest BCUT2D eigenvalue weighted by atomic mass is 35.5. The summed E-state index contributed by atoms with van der Waals surface area (Å²) < 4.78 is 0. The number of hydrogen-bond donors (Lipinski definition) is 2. The number of rotatable bonds is 4. The number of nitrogens with one attached hydrogen (secondary N) is 2. The Balaban J connectivity index is 1.69. The van der Waals surface area contributed by atoms with E-state index < -0.39 is 0 Å². The Kier molecular flexibility index (Phi) is 4.72. The minimum absolute atomic E-state index is 0.239. The van der Waals surface area contributed by atoms with Gasteiger partial charge in [0.15, 0.2) is 11.5 Å². The lowest BCUT2D eigenvalue weighted by atomic mass is 10.2. The Morgan fingerprint density at radius 1 is 1.00 bits per heavy atom. The van der Waals surface area contributed by atoms with Gasteiger partial charge in [-0.25, -0.2) is 0 Å². The standard InChI is InChI=1S/C18H15ClN4O/c1-12-11-13(19)7-8-15(12)21-18(24)16-9-10-17(23-22-16)20-14-5-3-2-4-6-14/h2-11H,1H3,(H,20,23)(H,21,24). The molecule has 1 amide bonds. The highest BCUT2D eigenvalue weighted by Crippen LogP contribution is 2.20. The van der Waals surface area contributed by atoms with Crippen molar-refractivity contribution in [1.29, 1.82) is 0 Å². The van der Waals surface area contributed by atoms with Crippen LogP contribution in [0.2, 0.25) is 5.02 Å². The fourth-order valence-corrected chi connectivity index (χ4v) is 2.37. The fraction of sp³-hybridized carbons (Fsp3) is 0.0556. The molecule has 2 N–H and O–H groups in total. The van der Waals surface area contributed by atoms with Crippen molar-refractivity contribution >= 4 is 34.7 Å². The molecule has 0 aliphatic heterocycles. The molecule has 0 aliphatic rings. The van der Waals surface area contributed by atoms with Crippen LogP contribution in [0, 0.1) is 6.92 Å². The van der Waals surface area contributed by atoms with Gasteiger partial charge < -0.3 is 10.6 Å². The smallest absolute Gasteiger partial charge is 0.276 e. The molecule has 0 saturated heterocycles. The number of benzene rings is 2. The number of aryl methyl sites for hydroxylation is 1. The molecule has 3 aromatic rings. The summed E-state index contributed by atoms with van der Waals surface area (Å²) >= 11 is 5.91. The second kappa shape index (κ2) is 7.10. The maximum atomic E-state index is 12.3. The van der Waals surface area contributed by atoms with Gasteiger partial charge in [0.1, 0.15) is 0 Å². The van der Waals surface area contributed by atoms with Crippen molar-refractivity contribution in [2.45, 2.75) is 6.92 Å². The van der Waals surface area contributed by atoms with Gasteiger partial charge in [-0.1, -0.05) is 29.8 Å². The van der Waals surface area contributed by atoms with E-state index in [-0.39, 0.29) is 11.6 Å². The molecule has 5 nitrogen and oxygen atoms in total. The van der Waals surface area contributed by atoms with Gasteiger partial charge in [0.05, 0.1) is 0 Å². The quantitative estimate of drug-likeness (QED) is 0.738. The first-order valence-corrected chi connectivity index (χ1v) is 7.73. The van der Waals surface area contributed by atoms with Crippen LogP contribution >= 0.6 is 11.6 Å². The molecule has 120 valence electrons. The molecule has 0 bridgehead atoms. The van der Waals surface area contributed by atoms with Crippen molar-refractivity contribution in [3.8, 4) is 0 Å². The molecule has 0 saturated carbocycles. The van der Waals surface area contributed by atoms with Gasteiger partial charge in [0, 0.05) is 16.4 Å². The van der Waals surface area contributed by atoms with E-state index >= 15 is 0 Å². The normalized spacial score (nSPS) is 10.2. The Morgan fingerprint density at radius 3 is 2.46 bits per heavy atom. The maximum absolute atomic E-state index is 12.3. The summed E-state index contributed by atoms with van der Waals surface area (Å²) in [6, 6.07) is 18.2. The number of anilines is 3. The number of para-hydroxylation sites is 1. The number of aromatic nitrogens is 2. The highest BCUT2D eigenvalue weighted by molar-refractivity contribution is 6.30. The third-order valence-electron chi connectivity index (χ3n) is 3.38.